The molecule has 0 radical (unpaired) electrons. The third-order valence-electron chi connectivity index (χ3n) is 8.21. The number of rotatable bonds is 18. The van der Waals surface area contributed by atoms with Gasteiger partial charge in [0.1, 0.15) is 33.0 Å². The van der Waals surface area contributed by atoms with Crippen molar-refractivity contribution in [1.29, 1.82) is 0 Å². The van der Waals surface area contributed by atoms with Gasteiger partial charge in [-0.05, 0) is 74.1 Å². The zero-order valence-corrected chi connectivity index (χ0v) is 31.3. The molecule has 2 N–H and O–H groups in total. The summed E-state index contributed by atoms with van der Waals surface area (Å²) in [6, 6.07) is 0. The molecule has 1 rings (SSSR count). The molecule has 0 unspecified atom stereocenters. The lowest BCUT2D eigenvalue weighted by atomic mass is 9.84. The van der Waals surface area contributed by atoms with E-state index in [0.29, 0.717) is 18.6 Å². The van der Waals surface area contributed by atoms with Crippen LogP contribution in [-0.2, 0) is 47.6 Å². The van der Waals surface area contributed by atoms with E-state index >= 15 is 0 Å². The zero-order valence-electron chi connectivity index (χ0n) is 31.3. The van der Waals surface area contributed by atoms with Crippen LogP contribution < -0.4 is 5.32 Å². The van der Waals surface area contributed by atoms with E-state index in [-0.39, 0.29) is 68.3 Å². The van der Waals surface area contributed by atoms with E-state index in [1.54, 1.807) is 13.8 Å². The number of aliphatic hydroxyl groups is 1. The van der Waals surface area contributed by atoms with Crippen molar-refractivity contribution in [2.45, 2.75) is 102 Å². The predicted octanol–water partition coefficient (Wildman–Crippen LogP) is 5.16. The smallest absolute Gasteiger partial charge is 0.407 e. The molecule has 0 aromatic rings. The zero-order chi connectivity index (χ0) is 37.6. The third kappa shape index (κ3) is 19.0. The monoisotopic (exact) mass is 689 g/mol. The summed E-state index contributed by atoms with van der Waals surface area (Å²) in [7, 11) is 0. The lowest BCUT2D eigenvalue weighted by Crippen LogP contribution is -2.47. The summed E-state index contributed by atoms with van der Waals surface area (Å²) in [5.41, 5.74) is -0.941. The number of hydrogen-bond acceptors (Lipinski definition) is 12. The van der Waals surface area contributed by atoms with Gasteiger partial charge in [-0.15, -0.1) is 0 Å². The molecule has 0 atom stereocenters. The second-order valence-electron chi connectivity index (χ2n) is 13.6. The Hall–Kier alpha value is -3.19. The summed E-state index contributed by atoms with van der Waals surface area (Å²) >= 11 is 0. The maximum Gasteiger partial charge on any atom is 0.407 e. The van der Waals surface area contributed by atoms with Crippen molar-refractivity contribution in [3.05, 3.63) is 12.2 Å². The van der Waals surface area contributed by atoms with Gasteiger partial charge < -0.3 is 38.8 Å². The summed E-state index contributed by atoms with van der Waals surface area (Å²) in [5.74, 6) is -1.18. The fourth-order valence-electron chi connectivity index (χ4n) is 2.90. The first-order chi connectivity index (χ1) is 22.2. The maximum atomic E-state index is 11.7. The molecule has 0 saturated carbocycles. The minimum absolute atomic E-state index is 0.000325. The topological polar surface area (TPSA) is 173 Å². The molecule has 0 aromatic heterocycles. The maximum absolute atomic E-state index is 11.7. The quantitative estimate of drug-likeness (QED) is 0.0839. The van der Waals surface area contributed by atoms with Gasteiger partial charge in [-0.25, -0.2) is 9.59 Å². The molecule has 1 amide bonds. The summed E-state index contributed by atoms with van der Waals surface area (Å²) in [4.78, 5) is 56.8. The molecule has 1 aliphatic rings. The summed E-state index contributed by atoms with van der Waals surface area (Å²) in [6.45, 7) is 26.0. The van der Waals surface area contributed by atoms with E-state index in [4.69, 9.17) is 33.5 Å². The first-order valence-corrected chi connectivity index (χ1v) is 16.6. The highest BCUT2D eigenvalue weighted by Gasteiger charge is 2.39. The average Bonchev–Trinajstić information content (AvgIpc) is 3.03. The Balaban J connectivity index is 0. The number of esters is 4. The molecule has 1 heterocycles. The van der Waals surface area contributed by atoms with Crippen LogP contribution in [0.2, 0.25) is 0 Å². The standard InChI is InChI=1S/C15H25NO6.C12H22O3.C8H16O3/c1-6-15(4,5)13(18)21-9-10-22-14(19)16-7-8-20-12(17)11(2)3;1-5-11(3,4)10(13)15-9-12(6-2)7-14-8-12;1-4-8(2,3)7(10)11-6-5-9/h2,6-10H2,1,3-5H3,(H,16,19);5-9H2,1-4H3;9H,4-6H2,1-3H3. The molecule has 1 aliphatic heterocycles. The number of hydrogen-bond donors (Lipinski definition) is 2. The molecule has 280 valence electrons. The van der Waals surface area contributed by atoms with Crippen molar-refractivity contribution in [1.82, 2.24) is 5.32 Å². The van der Waals surface area contributed by atoms with Crippen molar-refractivity contribution in [2.75, 3.05) is 59.4 Å². The number of nitrogens with one attached hydrogen (secondary N) is 1. The van der Waals surface area contributed by atoms with E-state index in [1.165, 1.54) is 6.92 Å². The van der Waals surface area contributed by atoms with Crippen LogP contribution >= 0.6 is 0 Å². The second kappa shape index (κ2) is 23.2. The van der Waals surface area contributed by atoms with Crippen molar-refractivity contribution in [2.24, 2.45) is 21.7 Å². The third-order valence-corrected chi connectivity index (χ3v) is 8.21. The minimum Gasteiger partial charge on any atom is -0.465 e. The summed E-state index contributed by atoms with van der Waals surface area (Å²) < 4.78 is 29.9. The van der Waals surface area contributed by atoms with Gasteiger partial charge in [-0.1, -0.05) is 34.3 Å². The molecule has 1 saturated heterocycles. The number of amides is 1. The van der Waals surface area contributed by atoms with Gasteiger partial charge >= 0.3 is 30.0 Å². The van der Waals surface area contributed by atoms with Crippen LogP contribution in [0.3, 0.4) is 0 Å². The van der Waals surface area contributed by atoms with E-state index in [9.17, 15) is 24.0 Å². The summed E-state index contributed by atoms with van der Waals surface area (Å²) in [5, 5.41) is 10.8. The number of carbonyl (C=O) groups is 5. The Kier molecular flexibility index (Phi) is 22.7. The Labute approximate surface area is 287 Å². The van der Waals surface area contributed by atoms with Gasteiger partial charge in [0.2, 0.25) is 0 Å². The van der Waals surface area contributed by atoms with Crippen LogP contribution in [-0.4, -0.2) is 94.5 Å². The van der Waals surface area contributed by atoms with Crippen LogP contribution in [0.1, 0.15) is 102 Å². The fraction of sp³-hybridized carbons (Fsp3) is 0.800. The molecular weight excluding hydrogens is 626 g/mol. The van der Waals surface area contributed by atoms with Crippen molar-refractivity contribution < 1.29 is 57.5 Å². The molecule has 0 bridgehead atoms. The normalized spacial score (nSPS) is 13.5. The first-order valence-electron chi connectivity index (χ1n) is 16.6. The van der Waals surface area contributed by atoms with E-state index < -0.39 is 22.9 Å². The highest BCUT2D eigenvalue weighted by Crippen LogP contribution is 2.32. The lowest BCUT2D eigenvalue weighted by Gasteiger charge is -2.40. The molecule has 0 aromatic carbocycles. The van der Waals surface area contributed by atoms with Crippen molar-refractivity contribution in [3.63, 3.8) is 0 Å². The Morgan fingerprint density at radius 3 is 1.52 bits per heavy atom. The molecule has 0 aliphatic carbocycles. The fourth-order valence-corrected chi connectivity index (χ4v) is 2.90. The SMILES string of the molecule is C=C(C)C(=O)OCCNC(=O)OCCOC(=O)C(C)(C)CC.CCC(C)(C)C(=O)OCCO.CCC1(COC(=O)C(C)(C)CC)COC1. The molecule has 1 fully saturated rings. The number of aliphatic hydroxyl groups excluding tert-OH is 1. The van der Waals surface area contributed by atoms with Crippen LogP contribution in [0.25, 0.3) is 0 Å². The summed E-state index contributed by atoms with van der Waals surface area (Å²) in [6.07, 6.45) is 2.55. The van der Waals surface area contributed by atoms with E-state index in [2.05, 4.69) is 18.8 Å². The molecule has 48 heavy (non-hydrogen) atoms. The Bertz CT molecular complexity index is 1010. The molecule has 13 nitrogen and oxygen atoms in total. The van der Waals surface area contributed by atoms with Gasteiger partial charge in [0.25, 0.3) is 0 Å². The molecule has 0 spiro atoms. The van der Waals surface area contributed by atoms with E-state index in [0.717, 1.165) is 32.5 Å². The number of carbonyl (C=O) groups excluding carboxylic acids is 5. The van der Waals surface area contributed by atoms with Gasteiger partial charge in [0.05, 0.1) is 48.0 Å². The number of ether oxygens (including phenoxy) is 6. The minimum atomic E-state index is -0.669. The Morgan fingerprint density at radius 1 is 0.708 bits per heavy atom. The van der Waals surface area contributed by atoms with Crippen LogP contribution in [0, 0.1) is 21.7 Å². The first kappa shape index (κ1) is 46.9. The lowest BCUT2D eigenvalue weighted by molar-refractivity contribution is -0.178. The molecule has 13 heteroatoms. The van der Waals surface area contributed by atoms with Gasteiger partial charge in [0.15, 0.2) is 0 Å². The van der Waals surface area contributed by atoms with Crippen molar-refractivity contribution >= 4 is 30.0 Å². The predicted molar refractivity (Wildman–Crippen MR) is 181 cm³/mol. The average molecular weight is 690 g/mol. The van der Waals surface area contributed by atoms with Gasteiger partial charge in [-0.3, -0.25) is 14.4 Å². The highest BCUT2D eigenvalue weighted by atomic mass is 16.6. The van der Waals surface area contributed by atoms with Gasteiger partial charge in [0, 0.05) is 5.57 Å². The van der Waals surface area contributed by atoms with Crippen LogP contribution in [0.4, 0.5) is 4.79 Å². The van der Waals surface area contributed by atoms with Crippen molar-refractivity contribution in [3.8, 4) is 0 Å². The largest absolute Gasteiger partial charge is 0.465 e. The molecular formula is C35H63NO12. The Morgan fingerprint density at radius 2 is 1.15 bits per heavy atom. The van der Waals surface area contributed by atoms with Crippen LogP contribution in [0.5, 0.6) is 0 Å². The number of alkyl carbamates (subject to hydrolysis) is 1. The van der Waals surface area contributed by atoms with E-state index in [1.807, 2.05) is 48.5 Å². The van der Waals surface area contributed by atoms with Crippen LogP contribution in [0.15, 0.2) is 12.2 Å². The highest BCUT2D eigenvalue weighted by molar-refractivity contribution is 5.86. The van der Waals surface area contributed by atoms with Gasteiger partial charge in [-0.2, -0.15) is 0 Å². The second-order valence-corrected chi connectivity index (χ2v) is 13.6.